The summed E-state index contributed by atoms with van der Waals surface area (Å²) in [7, 11) is 0. The molecule has 0 atom stereocenters. The molecule has 0 radical (unpaired) electrons. The molecule has 0 unspecified atom stereocenters. The van der Waals surface area contributed by atoms with Gasteiger partial charge in [-0.05, 0) is 35.9 Å². The summed E-state index contributed by atoms with van der Waals surface area (Å²) in [6.45, 7) is 1.07. The Balaban J connectivity index is 1.74. The first-order valence-electron chi connectivity index (χ1n) is 6.75. The molecule has 1 N–H and O–H groups in total. The number of fused-ring (bicyclic) bond motifs is 1. The number of ether oxygens (including phenoxy) is 2. The highest BCUT2D eigenvalue weighted by Gasteiger charge is 2.16. The first-order valence-corrected chi connectivity index (χ1v) is 8.34. The fraction of sp³-hybridized carbons (Fsp3) is 0.188. The van der Waals surface area contributed by atoms with Crippen LogP contribution >= 0.6 is 31.9 Å². The molecule has 22 heavy (non-hydrogen) atoms. The molecule has 1 aliphatic rings. The Bertz CT molecular complexity index is 719. The molecule has 0 bridgehead atoms. The maximum atomic E-state index is 12.2. The molecule has 0 saturated carbocycles. The Morgan fingerprint density at radius 1 is 1.09 bits per heavy atom. The number of hydrogen-bond donors (Lipinski definition) is 1. The third kappa shape index (κ3) is 3.62. The van der Waals surface area contributed by atoms with Crippen LogP contribution in [0.3, 0.4) is 0 Å². The van der Waals surface area contributed by atoms with E-state index in [1.165, 1.54) is 0 Å². The van der Waals surface area contributed by atoms with E-state index in [9.17, 15) is 4.79 Å². The Labute approximate surface area is 145 Å². The van der Waals surface area contributed by atoms with E-state index in [4.69, 9.17) is 9.47 Å². The smallest absolute Gasteiger partial charge is 0.228 e. The molecule has 1 amide bonds. The summed E-state index contributed by atoms with van der Waals surface area (Å²) in [6, 6.07) is 11.2. The van der Waals surface area contributed by atoms with Crippen molar-refractivity contribution in [3.8, 4) is 11.5 Å². The van der Waals surface area contributed by atoms with Crippen molar-refractivity contribution in [2.24, 2.45) is 0 Å². The zero-order chi connectivity index (χ0) is 15.5. The van der Waals surface area contributed by atoms with Crippen molar-refractivity contribution in [2.75, 3.05) is 18.5 Å². The van der Waals surface area contributed by atoms with Crippen LogP contribution in [0.2, 0.25) is 0 Å². The second-order valence-electron chi connectivity index (χ2n) is 4.82. The second kappa shape index (κ2) is 6.71. The normalized spacial score (nSPS) is 12.8. The number of hydrogen-bond acceptors (Lipinski definition) is 3. The van der Waals surface area contributed by atoms with Crippen molar-refractivity contribution in [3.63, 3.8) is 0 Å². The third-order valence-electron chi connectivity index (χ3n) is 3.17. The van der Waals surface area contributed by atoms with E-state index in [1.54, 1.807) is 0 Å². The van der Waals surface area contributed by atoms with Crippen LogP contribution in [0.15, 0.2) is 45.3 Å². The highest BCUT2D eigenvalue weighted by molar-refractivity contribution is 9.10. The number of rotatable bonds is 3. The average Bonchev–Trinajstić information content (AvgIpc) is 2.48. The summed E-state index contributed by atoms with van der Waals surface area (Å²) in [6.07, 6.45) is 0.254. The number of amides is 1. The van der Waals surface area contributed by atoms with Crippen LogP contribution in [-0.2, 0) is 11.2 Å². The highest BCUT2D eigenvalue weighted by Crippen LogP contribution is 2.35. The lowest BCUT2D eigenvalue weighted by atomic mass is 10.1. The molecular formula is C16H13Br2NO3. The van der Waals surface area contributed by atoms with E-state index in [2.05, 4.69) is 37.2 Å². The molecule has 0 spiro atoms. The van der Waals surface area contributed by atoms with Gasteiger partial charge in [-0.1, -0.05) is 37.9 Å². The van der Waals surface area contributed by atoms with Gasteiger partial charge in [0.05, 0.1) is 6.42 Å². The lowest BCUT2D eigenvalue weighted by molar-refractivity contribution is -0.115. The number of carbonyl (C=O) groups excluding carboxylic acids is 1. The van der Waals surface area contributed by atoms with E-state index in [-0.39, 0.29) is 12.3 Å². The number of carbonyl (C=O) groups is 1. The quantitative estimate of drug-likeness (QED) is 0.801. The molecular weight excluding hydrogens is 414 g/mol. The summed E-state index contributed by atoms with van der Waals surface area (Å²) in [5, 5.41) is 2.88. The molecule has 0 aromatic heterocycles. The minimum Gasteiger partial charge on any atom is -0.486 e. The monoisotopic (exact) mass is 425 g/mol. The van der Waals surface area contributed by atoms with Gasteiger partial charge in [-0.2, -0.15) is 0 Å². The Kier molecular flexibility index (Phi) is 4.69. The molecule has 0 fully saturated rings. The van der Waals surface area contributed by atoms with Crippen LogP contribution in [0.5, 0.6) is 11.5 Å². The average molecular weight is 427 g/mol. The van der Waals surface area contributed by atoms with Gasteiger partial charge < -0.3 is 14.8 Å². The molecule has 2 aromatic rings. The van der Waals surface area contributed by atoms with Crippen LogP contribution in [0.25, 0.3) is 0 Å². The van der Waals surface area contributed by atoms with Gasteiger partial charge in [0.2, 0.25) is 5.91 Å². The first kappa shape index (κ1) is 15.4. The van der Waals surface area contributed by atoms with Crippen molar-refractivity contribution < 1.29 is 14.3 Å². The van der Waals surface area contributed by atoms with Gasteiger partial charge in [0, 0.05) is 14.6 Å². The predicted octanol–water partition coefficient (Wildman–Crippen LogP) is 4.16. The lowest BCUT2D eigenvalue weighted by Crippen LogP contribution is -2.17. The predicted molar refractivity (Wildman–Crippen MR) is 91.6 cm³/mol. The van der Waals surface area contributed by atoms with Crippen LogP contribution in [-0.4, -0.2) is 19.1 Å². The number of nitrogens with one attached hydrogen (secondary N) is 1. The maximum Gasteiger partial charge on any atom is 0.228 e. The number of anilines is 1. The summed E-state index contributed by atoms with van der Waals surface area (Å²) >= 11 is 6.86. The first-order chi connectivity index (χ1) is 10.6. The molecule has 3 rings (SSSR count). The zero-order valence-corrected chi connectivity index (χ0v) is 14.7. The summed E-state index contributed by atoms with van der Waals surface area (Å²) in [5.74, 6) is 1.30. The topological polar surface area (TPSA) is 47.6 Å². The van der Waals surface area contributed by atoms with Gasteiger partial charge in [-0.25, -0.2) is 0 Å². The largest absolute Gasteiger partial charge is 0.486 e. The number of benzene rings is 2. The minimum absolute atomic E-state index is 0.0875. The van der Waals surface area contributed by atoms with Gasteiger partial charge in [-0.3, -0.25) is 4.79 Å². The Morgan fingerprint density at radius 3 is 2.55 bits per heavy atom. The molecule has 1 aliphatic heterocycles. The molecule has 6 heteroatoms. The summed E-state index contributed by atoms with van der Waals surface area (Å²) in [5.41, 5.74) is 1.62. The van der Waals surface area contributed by atoms with Crippen LogP contribution < -0.4 is 14.8 Å². The SMILES string of the molecule is O=C(Cc1cc2c(cc1Br)OCCO2)Nc1cccc(Br)c1. The zero-order valence-electron chi connectivity index (χ0n) is 11.6. The van der Waals surface area contributed by atoms with Gasteiger partial charge in [0.1, 0.15) is 13.2 Å². The molecule has 0 saturated heterocycles. The summed E-state index contributed by atoms with van der Waals surface area (Å²) < 4.78 is 12.8. The lowest BCUT2D eigenvalue weighted by Gasteiger charge is -2.19. The van der Waals surface area contributed by atoms with Crippen LogP contribution in [0, 0.1) is 0 Å². The van der Waals surface area contributed by atoms with E-state index in [0.717, 1.165) is 20.2 Å². The van der Waals surface area contributed by atoms with E-state index in [1.807, 2.05) is 36.4 Å². The number of halogens is 2. The summed E-state index contributed by atoms with van der Waals surface area (Å²) in [4.78, 5) is 12.2. The highest BCUT2D eigenvalue weighted by atomic mass is 79.9. The molecule has 0 aliphatic carbocycles. The van der Waals surface area contributed by atoms with E-state index < -0.39 is 0 Å². The van der Waals surface area contributed by atoms with Gasteiger partial charge in [0.25, 0.3) is 0 Å². The Hall–Kier alpha value is -1.53. The minimum atomic E-state index is -0.0875. The van der Waals surface area contributed by atoms with Crippen molar-refractivity contribution in [1.29, 1.82) is 0 Å². The van der Waals surface area contributed by atoms with Crippen LogP contribution in [0.4, 0.5) is 5.69 Å². The van der Waals surface area contributed by atoms with Crippen molar-refractivity contribution >= 4 is 43.5 Å². The Morgan fingerprint density at radius 2 is 1.82 bits per heavy atom. The van der Waals surface area contributed by atoms with Crippen molar-refractivity contribution in [2.45, 2.75) is 6.42 Å². The fourth-order valence-corrected chi connectivity index (χ4v) is 3.05. The molecule has 1 heterocycles. The van der Waals surface area contributed by atoms with Gasteiger partial charge in [-0.15, -0.1) is 0 Å². The fourth-order valence-electron chi connectivity index (χ4n) is 2.19. The van der Waals surface area contributed by atoms with Crippen molar-refractivity contribution in [1.82, 2.24) is 0 Å². The molecule has 114 valence electrons. The van der Waals surface area contributed by atoms with Crippen LogP contribution in [0.1, 0.15) is 5.56 Å². The van der Waals surface area contributed by atoms with E-state index >= 15 is 0 Å². The van der Waals surface area contributed by atoms with Gasteiger partial charge >= 0.3 is 0 Å². The van der Waals surface area contributed by atoms with E-state index in [0.29, 0.717) is 24.7 Å². The maximum absolute atomic E-state index is 12.2. The second-order valence-corrected chi connectivity index (χ2v) is 6.59. The molecule has 2 aromatic carbocycles. The standard InChI is InChI=1S/C16H13Br2NO3/c17-11-2-1-3-12(8-11)19-16(20)7-10-6-14-15(9-13(10)18)22-5-4-21-14/h1-3,6,8-9H,4-5,7H2,(H,19,20). The molecule has 4 nitrogen and oxygen atoms in total. The van der Waals surface area contributed by atoms with Gasteiger partial charge in [0.15, 0.2) is 11.5 Å². The van der Waals surface area contributed by atoms with Crippen molar-refractivity contribution in [3.05, 3.63) is 50.9 Å². The third-order valence-corrected chi connectivity index (χ3v) is 4.40.